The fourth-order valence-electron chi connectivity index (χ4n) is 4.33. The van der Waals surface area contributed by atoms with Gasteiger partial charge in [0, 0.05) is 16.7 Å². The van der Waals surface area contributed by atoms with Crippen LogP contribution in [0.2, 0.25) is 0 Å². The van der Waals surface area contributed by atoms with Gasteiger partial charge in [-0.15, -0.1) is 11.3 Å². The van der Waals surface area contributed by atoms with Crippen LogP contribution in [0.4, 0.5) is 5.00 Å². The normalized spacial score (nSPS) is 16.6. The standard InChI is InChI=1S/C26H28N2OS/c1-5-29-23-13-10-17-8-6-7-9-19(17)22(23)16-28-25-21(15-27)20-12-11-18(26(2,3)4)14-24(20)30-25/h6-10,13,16,18H,5,11-12,14H2,1-4H3/t18-/m1/s1. The molecule has 1 heterocycles. The first kappa shape index (κ1) is 20.6. The van der Waals surface area contributed by atoms with Crippen LogP contribution < -0.4 is 4.74 Å². The van der Waals surface area contributed by atoms with Gasteiger partial charge in [-0.3, -0.25) is 0 Å². The van der Waals surface area contributed by atoms with Gasteiger partial charge >= 0.3 is 0 Å². The Kier molecular flexibility index (Phi) is 5.66. The van der Waals surface area contributed by atoms with Gasteiger partial charge in [-0.05, 0) is 59.9 Å². The summed E-state index contributed by atoms with van der Waals surface area (Å²) in [4.78, 5) is 6.16. The van der Waals surface area contributed by atoms with Crippen LogP contribution in [0.25, 0.3) is 10.8 Å². The Balaban J connectivity index is 1.75. The van der Waals surface area contributed by atoms with Gasteiger partial charge in [0.2, 0.25) is 0 Å². The highest BCUT2D eigenvalue weighted by molar-refractivity contribution is 7.16. The second kappa shape index (κ2) is 8.24. The van der Waals surface area contributed by atoms with Crippen molar-refractivity contribution < 1.29 is 4.74 Å². The van der Waals surface area contributed by atoms with Crippen LogP contribution in [0.1, 0.15) is 55.7 Å². The van der Waals surface area contributed by atoms with Gasteiger partial charge in [-0.1, -0.05) is 51.1 Å². The van der Waals surface area contributed by atoms with Crippen LogP contribution in [0, 0.1) is 22.7 Å². The number of ether oxygens (including phenoxy) is 1. The molecule has 2 aromatic carbocycles. The third-order valence-electron chi connectivity index (χ3n) is 6.12. The largest absolute Gasteiger partial charge is 0.493 e. The molecular formula is C26H28N2OS. The third kappa shape index (κ3) is 3.87. The summed E-state index contributed by atoms with van der Waals surface area (Å²) in [6.45, 7) is 9.54. The van der Waals surface area contributed by atoms with Crippen LogP contribution >= 0.6 is 11.3 Å². The van der Waals surface area contributed by atoms with E-state index in [2.05, 4.69) is 45.0 Å². The average Bonchev–Trinajstić information content (AvgIpc) is 3.09. The number of thiophene rings is 1. The zero-order chi connectivity index (χ0) is 21.3. The number of nitriles is 1. The number of fused-ring (bicyclic) bond motifs is 2. The zero-order valence-electron chi connectivity index (χ0n) is 18.2. The molecule has 1 atom stereocenters. The summed E-state index contributed by atoms with van der Waals surface area (Å²) in [7, 11) is 0. The molecule has 0 fully saturated rings. The van der Waals surface area contributed by atoms with Gasteiger partial charge in [-0.25, -0.2) is 4.99 Å². The first-order valence-corrected chi connectivity index (χ1v) is 11.5. The molecular weight excluding hydrogens is 388 g/mol. The maximum atomic E-state index is 9.85. The topological polar surface area (TPSA) is 45.4 Å². The minimum absolute atomic E-state index is 0.285. The number of benzene rings is 2. The number of nitrogens with zero attached hydrogens (tertiary/aromatic N) is 2. The summed E-state index contributed by atoms with van der Waals surface area (Å²) in [6, 6.07) is 14.8. The van der Waals surface area contributed by atoms with Crippen LogP contribution in [0.5, 0.6) is 5.75 Å². The molecule has 0 unspecified atom stereocenters. The Morgan fingerprint density at radius 1 is 1.23 bits per heavy atom. The minimum atomic E-state index is 0.285. The number of aliphatic imine (C=N–C) groups is 1. The molecule has 1 aliphatic carbocycles. The molecule has 3 nitrogen and oxygen atoms in total. The summed E-state index contributed by atoms with van der Waals surface area (Å²) < 4.78 is 5.87. The molecule has 0 N–H and O–H groups in total. The predicted octanol–water partition coefficient (Wildman–Crippen LogP) is 7.07. The summed E-state index contributed by atoms with van der Waals surface area (Å²) in [5.41, 5.74) is 3.24. The molecule has 30 heavy (non-hydrogen) atoms. The van der Waals surface area contributed by atoms with Crippen molar-refractivity contribution in [1.29, 1.82) is 5.26 Å². The first-order valence-electron chi connectivity index (χ1n) is 10.7. The van der Waals surface area contributed by atoms with Crippen molar-refractivity contribution in [3.63, 3.8) is 0 Å². The molecule has 3 aromatic rings. The maximum absolute atomic E-state index is 9.85. The Morgan fingerprint density at radius 2 is 2.03 bits per heavy atom. The molecule has 0 saturated heterocycles. The lowest BCUT2D eigenvalue weighted by molar-refractivity contribution is 0.218. The van der Waals surface area contributed by atoms with Gasteiger partial charge in [-0.2, -0.15) is 5.26 Å². The molecule has 154 valence electrons. The Labute approximate surface area is 183 Å². The third-order valence-corrected chi connectivity index (χ3v) is 7.29. The molecule has 0 radical (unpaired) electrons. The molecule has 4 rings (SSSR count). The van der Waals surface area contributed by atoms with E-state index >= 15 is 0 Å². The van der Waals surface area contributed by atoms with E-state index in [0.717, 1.165) is 51.9 Å². The highest BCUT2D eigenvalue weighted by atomic mass is 32.1. The lowest BCUT2D eigenvalue weighted by Crippen LogP contribution is -2.26. The molecule has 1 aliphatic rings. The quantitative estimate of drug-likeness (QED) is 0.427. The fourth-order valence-corrected chi connectivity index (χ4v) is 5.55. The van der Waals surface area contributed by atoms with E-state index in [-0.39, 0.29) is 5.41 Å². The fraction of sp³-hybridized carbons (Fsp3) is 0.385. The van der Waals surface area contributed by atoms with Crippen LogP contribution in [0.3, 0.4) is 0 Å². The second-order valence-electron chi connectivity index (χ2n) is 8.99. The lowest BCUT2D eigenvalue weighted by atomic mass is 9.72. The molecule has 0 bridgehead atoms. The average molecular weight is 417 g/mol. The minimum Gasteiger partial charge on any atom is -0.493 e. The molecule has 0 aliphatic heterocycles. The van der Waals surface area contributed by atoms with Gasteiger partial charge in [0.25, 0.3) is 0 Å². The first-order chi connectivity index (χ1) is 14.4. The van der Waals surface area contributed by atoms with Gasteiger partial charge in [0.1, 0.15) is 16.8 Å². The van der Waals surface area contributed by atoms with Crippen molar-refractivity contribution >= 4 is 33.3 Å². The van der Waals surface area contributed by atoms with Gasteiger partial charge in [0.05, 0.1) is 12.2 Å². The van der Waals surface area contributed by atoms with Crippen LogP contribution in [-0.2, 0) is 12.8 Å². The Morgan fingerprint density at radius 3 is 2.77 bits per heavy atom. The van der Waals surface area contributed by atoms with Crippen molar-refractivity contribution in [2.45, 2.75) is 47.0 Å². The van der Waals surface area contributed by atoms with Crippen molar-refractivity contribution in [3.05, 3.63) is 58.0 Å². The smallest absolute Gasteiger partial charge is 0.134 e. The van der Waals surface area contributed by atoms with E-state index in [1.54, 1.807) is 11.3 Å². The van der Waals surface area contributed by atoms with E-state index in [1.165, 1.54) is 10.4 Å². The van der Waals surface area contributed by atoms with Crippen molar-refractivity contribution in [2.24, 2.45) is 16.3 Å². The van der Waals surface area contributed by atoms with E-state index < -0.39 is 0 Å². The summed E-state index contributed by atoms with van der Waals surface area (Å²) in [6.07, 6.45) is 5.05. The summed E-state index contributed by atoms with van der Waals surface area (Å²) in [5.74, 6) is 1.47. The molecule has 0 spiro atoms. The zero-order valence-corrected chi connectivity index (χ0v) is 19.0. The summed E-state index contributed by atoms with van der Waals surface area (Å²) >= 11 is 1.69. The van der Waals surface area contributed by atoms with Gasteiger partial charge in [0.15, 0.2) is 0 Å². The van der Waals surface area contributed by atoms with Crippen molar-refractivity contribution in [3.8, 4) is 11.8 Å². The second-order valence-corrected chi connectivity index (χ2v) is 10.1. The lowest BCUT2D eigenvalue weighted by Gasteiger charge is -2.33. The highest BCUT2D eigenvalue weighted by Crippen LogP contribution is 2.45. The van der Waals surface area contributed by atoms with Crippen LogP contribution in [-0.4, -0.2) is 12.8 Å². The monoisotopic (exact) mass is 416 g/mol. The molecule has 0 amide bonds. The maximum Gasteiger partial charge on any atom is 0.134 e. The number of hydrogen-bond donors (Lipinski definition) is 0. The van der Waals surface area contributed by atoms with Crippen molar-refractivity contribution in [2.75, 3.05) is 6.61 Å². The van der Waals surface area contributed by atoms with Gasteiger partial charge < -0.3 is 4.74 Å². The van der Waals surface area contributed by atoms with E-state index in [0.29, 0.717) is 12.5 Å². The molecule has 4 heteroatoms. The number of rotatable bonds is 4. The van der Waals surface area contributed by atoms with E-state index in [1.807, 2.05) is 31.3 Å². The summed E-state index contributed by atoms with van der Waals surface area (Å²) in [5, 5.41) is 12.9. The SMILES string of the molecule is CCOc1ccc2ccccc2c1C=Nc1sc2c(c1C#N)CC[C@@H](C(C)(C)C)C2. The number of hydrogen-bond acceptors (Lipinski definition) is 4. The van der Waals surface area contributed by atoms with Crippen molar-refractivity contribution in [1.82, 2.24) is 0 Å². The van der Waals surface area contributed by atoms with E-state index in [4.69, 9.17) is 9.73 Å². The predicted molar refractivity (Wildman–Crippen MR) is 126 cm³/mol. The Bertz CT molecular complexity index is 1140. The van der Waals surface area contributed by atoms with Crippen LogP contribution in [0.15, 0.2) is 41.4 Å². The highest BCUT2D eigenvalue weighted by Gasteiger charge is 2.32. The molecule has 0 saturated carbocycles. The Hall–Kier alpha value is -2.64. The van der Waals surface area contributed by atoms with E-state index in [9.17, 15) is 5.26 Å². The molecule has 1 aromatic heterocycles.